The van der Waals surface area contributed by atoms with E-state index in [0.29, 0.717) is 30.6 Å². The fraction of sp³-hybridized carbons (Fsp3) is 0.519. The Morgan fingerprint density at radius 2 is 1.66 bits per heavy atom. The Kier molecular flexibility index (Phi) is 9.06. The molecule has 0 aromatic heterocycles. The van der Waals surface area contributed by atoms with Crippen LogP contribution in [0.5, 0.6) is 0 Å². The van der Waals surface area contributed by atoms with E-state index in [2.05, 4.69) is 20.4 Å². The monoisotopic (exact) mass is 486 g/mol. The van der Waals surface area contributed by atoms with Gasteiger partial charge in [-0.15, -0.1) is 0 Å². The van der Waals surface area contributed by atoms with Gasteiger partial charge in [-0.05, 0) is 92.6 Å². The fourth-order valence-electron chi connectivity index (χ4n) is 5.43. The zero-order chi connectivity index (χ0) is 24.6. The van der Waals surface area contributed by atoms with Gasteiger partial charge in [0.2, 0.25) is 0 Å². The molecule has 2 aliphatic heterocycles. The molecule has 190 valence electrons. The number of hydrogen-bond acceptors (Lipinski definition) is 4. The highest BCUT2D eigenvalue weighted by atomic mass is 19.1. The quantitative estimate of drug-likeness (QED) is 0.532. The van der Waals surface area contributed by atoms with Crippen LogP contribution >= 0.6 is 0 Å². The van der Waals surface area contributed by atoms with Gasteiger partial charge in [-0.25, -0.2) is 13.6 Å². The first-order valence-electron chi connectivity index (χ1n) is 12.6. The predicted octanol–water partition coefficient (Wildman–Crippen LogP) is 3.72. The summed E-state index contributed by atoms with van der Waals surface area (Å²) in [6, 6.07) is 12.2. The van der Waals surface area contributed by atoms with Crippen molar-refractivity contribution in [2.45, 2.75) is 31.7 Å². The van der Waals surface area contributed by atoms with Gasteiger partial charge in [0.15, 0.2) is 0 Å². The number of aliphatic hydroxyl groups is 1. The molecule has 2 saturated heterocycles. The van der Waals surface area contributed by atoms with Crippen molar-refractivity contribution >= 4 is 11.7 Å². The molecule has 2 aromatic carbocycles. The van der Waals surface area contributed by atoms with Crippen molar-refractivity contribution in [1.82, 2.24) is 15.1 Å². The van der Waals surface area contributed by atoms with Gasteiger partial charge in [0.1, 0.15) is 11.6 Å². The van der Waals surface area contributed by atoms with Crippen molar-refractivity contribution in [2.75, 3.05) is 51.2 Å². The average Bonchev–Trinajstić information content (AvgIpc) is 2.84. The molecule has 3 N–H and O–H groups in total. The lowest BCUT2D eigenvalue weighted by Gasteiger charge is -2.42. The number of nitrogens with one attached hydrogen (secondary N) is 2. The highest BCUT2D eigenvalue weighted by Gasteiger charge is 2.33. The second-order valence-electron chi connectivity index (χ2n) is 9.88. The minimum Gasteiger partial charge on any atom is -0.395 e. The van der Waals surface area contributed by atoms with E-state index in [0.717, 1.165) is 45.4 Å². The number of aliphatic hydroxyl groups excluding tert-OH is 1. The zero-order valence-corrected chi connectivity index (χ0v) is 20.1. The van der Waals surface area contributed by atoms with E-state index >= 15 is 0 Å². The Hall–Kier alpha value is -2.55. The summed E-state index contributed by atoms with van der Waals surface area (Å²) in [5.41, 5.74) is 1.72. The molecule has 0 bridgehead atoms. The zero-order valence-electron chi connectivity index (χ0n) is 20.1. The maximum atomic E-state index is 13.3. The van der Waals surface area contributed by atoms with E-state index in [1.165, 1.54) is 36.2 Å². The first-order chi connectivity index (χ1) is 17.0. The number of carbonyl (C=O) groups is 1. The molecule has 2 aromatic rings. The predicted molar refractivity (Wildman–Crippen MR) is 133 cm³/mol. The lowest BCUT2D eigenvalue weighted by atomic mass is 9.87. The summed E-state index contributed by atoms with van der Waals surface area (Å²) in [5, 5.41) is 15.3. The molecule has 2 fully saturated rings. The van der Waals surface area contributed by atoms with E-state index in [9.17, 15) is 18.7 Å². The molecular formula is C27H36F2N4O2. The van der Waals surface area contributed by atoms with Crippen LogP contribution in [0.25, 0.3) is 0 Å². The van der Waals surface area contributed by atoms with Crippen molar-refractivity contribution < 1.29 is 18.7 Å². The lowest BCUT2D eigenvalue weighted by Crippen LogP contribution is -2.56. The SMILES string of the molecule is O=C(Nc1ccc(F)cc1)N[C@H]1CN(CCO)CC[C@H]1CN1CCCC(Cc2ccc(F)cc2)C1. The molecule has 2 aliphatic rings. The van der Waals surface area contributed by atoms with E-state index in [-0.39, 0.29) is 30.3 Å². The third kappa shape index (κ3) is 7.72. The number of likely N-dealkylation sites (tertiary alicyclic amines) is 2. The smallest absolute Gasteiger partial charge is 0.319 e. The van der Waals surface area contributed by atoms with E-state index in [4.69, 9.17) is 0 Å². The number of amides is 2. The number of piperidine rings is 2. The molecule has 4 rings (SSSR count). The van der Waals surface area contributed by atoms with Gasteiger partial charge < -0.3 is 20.6 Å². The summed E-state index contributed by atoms with van der Waals surface area (Å²) in [6.07, 6.45) is 4.21. The number of benzene rings is 2. The minimum absolute atomic E-state index is 0.0479. The van der Waals surface area contributed by atoms with Crippen LogP contribution in [0.2, 0.25) is 0 Å². The van der Waals surface area contributed by atoms with Crippen LogP contribution in [0.4, 0.5) is 19.3 Å². The largest absolute Gasteiger partial charge is 0.395 e. The Morgan fingerprint density at radius 3 is 2.37 bits per heavy atom. The Bertz CT molecular complexity index is 941. The summed E-state index contributed by atoms with van der Waals surface area (Å²) in [6.45, 7) is 5.23. The van der Waals surface area contributed by atoms with Crippen LogP contribution in [0, 0.1) is 23.5 Å². The molecule has 0 spiro atoms. The molecule has 1 unspecified atom stereocenters. The van der Waals surface area contributed by atoms with Crippen molar-refractivity contribution in [1.29, 1.82) is 0 Å². The molecule has 2 heterocycles. The van der Waals surface area contributed by atoms with Gasteiger partial charge in [0, 0.05) is 37.9 Å². The van der Waals surface area contributed by atoms with Crippen LogP contribution in [0.15, 0.2) is 48.5 Å². The summed E-state index contributed by atoms with van der Waals surface area (Å²) in [5.74, 6) is 0.293. The molecule has 3 atom stereocenters. The maximum absolute atomic E-state index is 13.3. The molecule has 8 heteroatoms. The number of urea groups is 1. The van der Waals surface area contributed by atoms with Gasteiger partial charge in [0.05, 0.1) is 6.61 Å². The van der Waals surface area contributed by atoms with Crippen molar-refractivity contribution in [3.63, 3.8) is 0 Å². The number of halogens is 2. The molecule has 2 amide bonds. The maximum Gasteiger partial charge on any atom is 0.319 e. The number of β-amino-alcohol motifs (C(OH)–C–C–N with tert-alkyl or cyclic N) is 1. The summed E-state index contributed by atoms with van der Waals surface area (Å²) in [4.78, 5) is 17.4. The molecular weight excluding hydrogens is 450 g/mol. The Balaban J connectivity index is 1.34. The third-order valence-corrected chi connectivity index (χ3v) is 7.21. The van der Waals surface area contributed by atoms with Crippen LogP contribution in [-0.4, -0.2) is 72.9 Å². The molecule has 6 nitrogen and oxygen atoms in total. The fourth-order valence-corrected chi connectivity index (χ4v) is 5.43. The summed E-state index contributed by atoms with van der Waals surface area (Å²) in [7, 11) is 0. The van der Waals surface area contributed by atoms with Gasteiger partial charge in [0.25, 0.3) is 0 Å². The lowest BCUT2D eigenvalue weighted by molar-refractivity contribution is 0.0814. The first-order valence-corrected chi connectivity index (χ1v) is 12.6. The Morgan fingerprint density at radius 1 is 0.943 bits per heavy atom. The average molecular weight is 487 g/mol. The number of nitrogens with zero attached hydrogens (tertiary/aromatic N) is 2. The van der Waals surface area contributed by atoms with Crippen LogP contribution in [-0.2, 0) is 6.42 Å². The summed E-state index contributed by atoms with van der Waals surface area (Å²) < 4.78 is 26.4. The van der Waals surface area contributed by atoms with Gasteiger partial charge >= 0.3 is 6.03 Å². The Labute approximate surface area is 206 Å². The topological polar surface area (TPSA) is 67.8 Å². The van der Waals surface area contributed by atoms with Gasteiger partial charge in [-0.1, -0.05) is 12.1 Å². The number of hydrogen-bond donors (Lipinski definition) is 3. The molecule has 0 aliphatic carbocycles. The van der Waals surface area contributed by atoms with Crippen LogP contribution in [0.3, 0.4) is 0 Å². The van der Waals surface area contributed by atoms with Crippen LogP contribution < -0.4 is 10.6 Å². The van der Waals surface area contributed by atoms with E-state index < -0.39 is 0 Å². The van der Waals surface area contributed by atoms with Crippen molar-refractivity contribution in [3.8, 4) is 0 Å². The van der Waals surface area contributed by atoms with Gasteiger partial charge in [-0.2, -0.15) is 0 Å². The standard InChI is InChI=1S/C27H36F2N4O2/c28-23-5-3-20(4-6-23)16-21-2-1-12-33(17-21)18-22-11-13-32(14-15-34)19-26(22)31-27(35)30-25-9-7-24(29)8-10-25/h3-10,21-22,26,34H,1-2,11-19H2,(H2,30,31,35)/t21?,22-,26-/m0/s1. The highest BCUT2D eigenvalue weighted by molar-refractivity contribution is 5.89. The second-order valence-corrected chi connectivity index (χ2v) is 9.88. The molecule has 35 heavy (non-hydrogen) atoms. The highest BCUT2D eigenvalue weighted by Crippen LogP contribution is 2.25. The third-order valence-electron chi connectivity index (χ3n) is 7.21. The second kappa shape index (κ2) is 12.4. The van der Waals surface area contributed by atoms with Crippen LogP contribution in [0.1, 0.15) is 24.8 Å². The van der Waals surface area contributed by atoms with Crippen molar-refractivity contribution in [3.05, 3.63) is 65.7 Å². The number of carbonyl (C=O) groups excluding carboxylic acids is 1. The summed E-state index contributed by atoms with van der Waals surface area (Å²) >= 11 is 0. The number of anilines is 1. The van der Waals surface area contributed by atoms with E-state index in [1.54, 1.807) is 12.1 Å². The molecule has 0 saturated carbocycles. The van der Waals surface area contributed by atoms with Gasteiger partial charge in [-0.3, -0.25) is 4.90 Å². The first kappa shape index (κ1) is 25.5. The van der Waals surface area contributed by atoms with E-state index in [1.807, 2.05) is 12.1 Å². The number of rotatable bonds is 8. The minimum atomic E-state index is -0.345. The van der Waals surface area contributed by atoms with Crippen molar-refractivity contribution in [2.24, 2.45) is 11.8 Å². The normalized spacial score (nSPS) is 23.7. The molecule has 0 radical (unpaired) electrons.